The van der Waals surface area contributed by atoms with Gasteiger partial charge < -0.3 is 10.0 Å². The van der Waals surface area contributed by atoms with E-state index in [1.807, 2.05) is 0 Å². The summed E-state index contributed by atoms with van der Waals surface area (Å²) in [6, 6.07) is 6.78. The lowest BCUT2D eigenvalue weighted by Gasteiger charge is -2.17. The summed E-state index contributed by atoms with van der Waals surface area (Å²) in [6.07, 6.45) is -0.0951. The van der Waals surface area contributed by atoms with Crippen molar-refractivity contribution in [3.8, 4) is 0 Å². The van der Waals surface area contributed by atoms with Crippen LogP contribution in [-0.2, 0) is 21.4 Å². The molecule has 1 aliphatic heterocycles. The molecule has 2 rings (SSSR count). The Morgan fingerprint density at radius 1 is 1.44 bits per heavy atom. The second-order valence-corrected chi connectivity index (χ2v) is 6.09. The van der Waals surface area contributed by atoms with Crippen LogP contribution in [0, 0.1) is 0 Å². The van der Waals surface area contributed by atoms with Crippen molar-refractivity contribution in [3.63, 3.8) is 0 Å². The van der Waals surface area contributed by atoms with Crippen LogP contribution in [0.5, 0.6) is 0 Å². The number of primary sulfonamides is 1. The van der Waals surface area contributed by atoms with Crippen LogP contribution in [0.15, 0.2) is 24.3 Å². The number of aliphatic hydroxyl groups is 1. The van der Waals surface area contributed by atoms with Crippen molar-refractivity contribution in [1.29, 1.82) is 0 Å². The third-order valence-electron chi connectivity index (χ3n) is 2.96. The van der Waals surface area contributed by atoms with Crippen LogP contribution in [0.25, 0.3) is 0 Å². The van der Waals surface area contributed by atoms with E-state index in [1.165, 1.54) is 4.90 Å². The summed E-state index contributed by atoms with van der Waals surface area (Å²) in [5.74, 6) is -0.274. The number of hydrogen-bond acceptors (Lipinski definition) is 4. The summed E-state index contributed by atoms with van der Waals surface area (Å²) in [7, 11) is -3.70. The van der Waals surface area contributed by atoms with Gasteiger partial charge in [0, 0.05) is 18.7 Å². The third-order valence-corrected chi connectivity index (χ3v) is 4.20. The second-order valence-electron chi connectivity index (χ2n) is 4.25. The maximum absolute atomic E-state index is 11.8. The average molecular weight is 270 g/mol. The molecule has 1 fully saturated rings. The Kier molecular flexibility index (Phi) is 3.38. The van der Waals surface area contributed by atoms with E-state index < -0.39 is 15.3 Å². The van der Waals surface area contributed by atoms with Crippen LogP contribution in [0.2, 0.25) is 0 Å². The third kappa shape index (κ3) is 2.53. The van der Waals surface area contributed by atoms with Crippen molar-refractivity contribution in [3.05, 3.63) is 29.8 Å². The van der Waals surface area contributed by atoms with Gasteiger partial charge in [-0.3, -0.25) is 4.79 Å². The van der Waals surface area contributed by atoms with Gasteiger partial charge in [0.15, 0.2) is 0 Å². The molecule has 0 spiro atoms. The zero-order valence-electron chi connectivity index (χ0n) is 9.61. The van der Waals surface area contributed by atoms with Crippen LogP contribution in [-0.4, -0.2) is 31.2 Å². The maximum Gasteiger partial charge on any atom is 0.228 e. The molecule has 1 aromatic carbocycles. The summed E-state index contributed by atoms with van der Waals surface area (Å²) in [5.41, 5.74) is 1.25. The number of aliphatic hydroxyl groups excluding tert-OH is 1. The molecule has 0 radical (unpaired) electrons. The lowest BCUT2D eigenvalue weighted by Crippen LogP contribution is -2.32. The van der Waals surface area contributed by atoms with Gasteiger partial charge in [-0.15, -0.1) is 0 Å². The van der Waals surface area contributed by atoms with Crippen LogP contribution < -0.4 is 10.0 Å². The molecule has 1 unspecified atom stereocenters. The summed E-state index contributed by atoms with van der Waals surface area (Å²) in [6.45, 7) is -0.0684. The SMILES string of the molecule is NS(=O)(=O)C1CC(=O)N(c2cccc(CO)c2)C1. The molecular weight excluding hydrogens is 256 g/mol. The first-order chi connectivity index (χ1) is 8.41. The fourth-order valence-corrected chi connectivity index (χ4v) is 2.70. The molecule has 0 aromatic heterocycles. The second kappa shape index (κ2) is 4.68. The summed E-state index contributed by atoms with van der Waals surface area (Å²) in [5, 5.41) is 13.2. The number of anilines is 1. The highest BCUT2D eigenvalue weighted by Crippen LogP contribution is 2.24. The summed E-state index contributed by atoms with van der Waals surface area (Å²) in [4.78, 5) is 13.2. The first kappa shape index (κ1) is 13.0. The van der Waals surface area contributed by atoms with E-state index in [0.717, 1.165) is 0 Å². The number of nitrogens with zero attached hydrogens (tertiary/aromatic N) is 1. The Labute approximate surface area is 105 Å². The number of sulfonamides is 1. The fraction of sp³-hybridized carbons (Fsp3) is 0.364. The van der Waals surface area contributed by atoms with Crippen molar-refractivity contribution >= 4 is 21.6 Å². The van der Waals surface area contributed by atoms with Crippen LogP contribution in [0.1, 0.15) is 12.0 Å². The van der Waals surface area contributed by atoms with Gasteiger partial charge in [-0.2, -0.15) is 0 Å². The smallest absolute Gasteiger partial charge is 0.228 e. The van der Waals surface area contributed by atoms with Gasteiger partial charge in [-0.25, -0.2) is 13.6 Å². The van der Waals surface area contributed by atoms with Gasteiger partial charge in [0.05, 0.1) is 6.61 Å². The van der Waals surface area contributed by atoms with E-state index >= 15 is 0 Å². The molecule has 6 nitrogen and oxygen atoms in total. The van der Waals surface area contributed by atoms with Crippen LogP contribution in [0.4, 0.5) is 5.69 Å². The van der Waals surface area contributed by atoms with Crippen molar-refractivity contribution in [1.82, 2.24) is 0 Å². The highest BCUT2D eigenvalue weighted by Gasteiger charge is 2.37. The van der Waals surface area contributed by atoms with Crippen molar-refractivity contribution in [2.45, 2.75) is 18.3 Å². The molecule has 1 aromatic rings. The monoisotopic (exact) mass is 270 g/mol. The van der Waals surface area contributed by atoms with E-state index in [1.54, 1.807) is 24.3 Å². The minimum atomic E-state index is -3.70. The van der Waals surface area contributed by atoms with E-state index in [0.29, 0.717) is 11.3 Å². The van der Waals surface area contributed by atoms with Crippen LogP contribution in [0.3, 0.4) is 0 Å². The Hall–Kier alpha value is -1.44. The molecule has 1 amide bonds. The van der Waals surface area contributed by atoms with Gasteiger partial charge in [-0.05, 0) is 17.7 Å². The van der Waals surface area contributed by atoms with E-state index in [-0.39, 0.29) is 25.5 Å². The molecule has 0 aliphatic carbocycles. The standard InChI is InChI=1S/C11H14N2O4S/c12-18(16,17)10-5-11(15)13(6-10)9-3-1-2-8(4-9)7-14/h1-4,10,14H,5-7H2,(H2,12,16,17). The van der Waals surface area contributed by atoms with Crippen molar-refractivity contribution in [2.24, 2.45) is 5.14 Å². The molecule has 7 heteroatoms. The fourth-order valence-electron chi connectivity index (χ4n) is 1.97. The normalized spacial score (nSPS) is 20.4. The van der Waals surface area contributed by atoms with E-state index in [9.17, 15) is 13.2 Å². The molecule has 1 heterocycles. The number of hydrogen-bond donors (Lipinski definition) is 2. The molecule has 1 atom stereocenters. The van der Waals surface area contributed by atoms with Crippen molar-refractivity contribution < 1.29 is 18.3 Å². The minimum absolute atomic E-state index is 0.0621. The number of amides is 1. The maximum atomic E-state index is 11.8. The van der Waals surface area contributed by atoms with Gasteiger partial charge in [0.1, 0.15) is 5.25 Å². The van der Waals surface area contributed by atoms with Gasteiger partial charge >= 0.3 is 0 Å². The topological polar surface area (TPSA) is 101 Å². The Morgan fingerprint density at radius 3 is 2.72 bits per heavy atom. The summed E-state index contributed by atoms with van der Waals surface area (Å²) >= 11 is 0. The van der Waals surface area contributed by atoms with Gasteiger partial charge in [-0.1, -0.05) is 12.1 Å². The lowest BCUT2D eigenvalue weighted by molar-refractivity contribution is -0.117. The largest absolute Gasteiger partial charge is 0.392 e. The number of nitrogens with two attached hydrogens (primary N) is 1. The number of benzene rings is 1. The zero-order chi connectivity index (χ0) is 13.3. The molecule has 1 aliphatic rings. The molecule has 0 saturated carbocycles. The molecular formula is C11H14N2O4S. The Bertz CT molecular complexity index is 570. The number of carbonyl (C=O) groups is 1. The highest BCUT2D eigenvalue weighted by molar-refractivity contribution is 7.89. The molecule has 1 saturated heterocycles. The molecule has 3 N–H and O–H groups in total. The van der Waals surface area contributed by atoms with E-state index in [4.69, 9.17) is 10.2 Å². The highest BCUT2D eigenvalue weighted by atomic mass is 32.2. The molecule has 0 bridgehead atoms. The Morgan fingerprint density at radius 2 is 2.17 bits per heavy atom. The predicted molar refractivity (Wildman–Crippen MR) is 66.2 cm³/mol. The average Bonchev–Trinajstić information content (AvgIpc) is 2.71. The minimum Gasteiger partial charge on any atom is -0.392 e. The quantitative estimate of drug-likeness (QED) is 0.778. The predicted octanol–water partition coefficient (Wildman–Crippen LogP) is -0.427. The Balaban J connectivity index is 2.27. The van der Waals surface area contributed by atoms with Crippen LogP contribution >= 0.6 is 0 Å². The van der Waals surface area contributed by atoms with E-state index in [2.05, 4.69) is 0 Å². The molecule has 98 valence electrons. The van der Waals surface area contributed by atoms with Crippen molar-refractivity contribution in [2.75, 3.05) is 11.4 Å². The lowest BCUT2D eigenvalue weighted by atomic mass is 10.2. The van der Waals surface area contributed by atoms with Gasteiger partial charge in [0.2, 0.25) is 15.9 Å². The zero-order valence-corrected chi connectivity index (χ0v) is 10.4. The number of carbonyl (C=O) groups excluding carboxylic acids is 1. The number of rotatable bonds is 3. The molecule has 18 heavy (non-hydrogen) atoms. The first-order valence-corrected chi connectivity index (χ1v) is 7.04. The first-order valence-electron chi connectivity index (χ1n) is 5.43. The summed E-state index contributed by atoms with van der Waals surface area (Å²) < 4.78 is 22.5. The van der Waals surface area contributed by atoms with Gasteiger partial charge in [0.25, 0.3) is 0 Å².